The smallest absolute Gasteiger partial charge is 0.0160 e. The molecule has 4 heteroatoms. The zero-order chi connectivity index (χ0) is 16.5. The van der Waals surface area contributed by atoms with Gasteiger partial charge in [-0.05, 0) is 18.7 Å². The summed E-state index contributed by atoms with van der Waals surface area (Å²) >= 11 is 0. The minimum Gasteiger partial charge on any atom is -0.692 e. The Kier molecular flexibility index (Phi) is 10.2. The third-order valence-corrected chi connectivity index (χ3v) is 3.51. The van der Waals surface area contributed by atoms with Gasteiger partial charge in [-0.2, -0.15) is 11.4 Å². The van der Waals surface area contributed by atoms with Crippen molar-refractivity contribution in [3.8, 4) is 11.3 Å². The summed E-state index contributed by atoms with van der Waals surface area (Å²) in [5.41, 5.74) is 6.56. The van der Waals surface area contributed by atoms with Crippen LogP contribution >= 0.6 is 0 Å². The van der Waals surface area contributed by atoms with E-state index in [0.717, 1.165) is 22.7 Å². The zero-order valence-corrected chi connectivity index (χ0v) is 16.9. The summed E-state index contributed by atoms with van der Waals surface area (Å²) in [4.78, 5) is 4.38. The molecule has 128 valence electrons. The van der Waals surface area contributed by atoms with Crippen LogP contribution in [0, 0.1) is 19.9 Å². The first-order valence-corrected chi connectivity index (χ1v) is 7.27. The Morgan fingerprint density at radius 2 is 1.52 bits per heavy atom. The number of rotatable bonds is 3. The third kappa shape index (κ3) is 6.58. The predicted molar refractivity (Wildman–Crippen MR) is 94.9 cm³/mol. The average Bonchev–Trinajstić information content (AvgIpc) is 2.55. The van der Waals surface area contributed by atoms with Crippen LogP contribution < -0.4 is 0 Å². The van der Waals surface area contributed by atoms with Crippen molar-refractivity contribution in [2.75, 3.05) is 14.1 Å². The van der Waals surface area contributed by atoms with Crippen LogP contribution in [0.25, 0.3) is 21.9 Å². The van der Waals surface area contributed by atoms with E-state index < -0.39 is 0 Å². The second-order valence-electron chi connectivity index (χ2n) is 5.02. The number of aromatic nitrogens is 1. The van der Waals surface area contributed by atoms with Crippen molar-refractivity contribution in [1.29, 1.82) is 0 Å². The predicted octanol–water partition coefficient (Wildman–Crippen LogP) is 5.41. The molecule has 0 saturated heterocycles. The molecule has 1 aromatic carbocycles. The van der Waals surface area contributed by atoms with Crippen LogP contribution in [-0.2, 0) is 21.1 Å². The molecule has 0 unspecified atom stereocenters. The summed E-state index contributed by atoms with van der Waals surface area (Å²) < 4.78 is 0. The first-order valence-electron chi connectivity index (χ1n) is 7.27. The van der Waals surface area contributed by atoms with Crippen molar-refractivity contribution in [3.63, 3.8) is 0 Å². The molecule has 1 heterocycles. The van der Waals surface area contributed by atoms with Gasteiger partial charge >= 0.3 is 0 Å². The number of aryl methyl sites for hydroxylation is 2. The van der Waals surface area contributed by atoms with Crippen LogP contribution in [0.4, 0.5) is 0 Å². The molecule has 0 N–H and O–H groups in total. The normalized spacial score (nSPS) is 10.5. The first-order chi connectivity index (χ1) is 10.5. The molecule has 0 fully saturated rings. The van der Waals surface area contributed by atoms with Gasteiger partial charge in [0.1, 0.15) is 0 Å². The Balaban J connectivity index is 0.000000469. The molecule has 23 heavy (non-hydrogen) atoms. The number of pyridine rings is 1. The van der Waals surface area contributed by atoms with Crippen molar-refractivity contribution in [2.24, 2.45) is 0 Å². The van der Waals surface area contributed by atoms with E-state index in [4.69, 9.17) is 0 Å². The Labute approximate surface area is 154 Å². The van der Waals surface area contributed by atoms with Gasteiger partial charge in [0.25, 0.3) is 0 Å². The minimum absolute atomic E-state index is 0. The average molecular weight is 490 g/mol. The monoisotopic (exact) mass is 489 g/mol. The molecule has 1 aromatic heterocycles. The van der Waals surface area contributed by atoms with E-state index in [1.807, 2.05) is 38.2 Å². The van der Waals surface area contributed by atoms with E-state index in [0.29, 0.717) is 0 Å². The van der Waals surface area contributed by atoms with Gasteiger partial charge in [-0.15, -0.1) is 49.5 Å². The molecule has 0 aliphatic rings. The largest absolute Gasteiger partial charge is 0.692 e. The number of hydrogen-bond donors (Lipinski definition) is 0. The SMILES string of the molecule is C[N-]/C(C)=C(/C)[N-]C.Cc1ccc[c-]c1-c1ncccc1C.[Pt]. The minimum atomic E-state index is 0. The van der Waals surface area contributed by atoms with Gasteiger partial charge in [-0.1, -0.05) is 32.4 Å². The number of allylic oxidation sites excluding steroid dienone is 2. The Bertz CT molecular complexity index is 581. The molecular weight excluding hydrogens is 465 g/mol. The standard InChI is InChI=1S/C13H12N.C6H12N2.Pt/c1-10-6-3-4-8-12(10)13-11(2)7-5-9-14-13;1-5(7-3)6(2)8-4;/h3-7,9H,1-2H3;1-4H3;/q-1;-2;/b;6-5-;. The maximum absolute atomic E-state index is 4.38. The first kappa shape index (κ1) is 21.4. The van der Waals surface area contributed by atoms with E-state index in [9.17, 15) is 0 Å². The molecule has 0 spiro atoms. The van der Waals surface area contributed by atoms with Gasteiger partial charge in [0.2, 0.25) is 0 Å². The summed E-state index contributed by atoms with van der Waals surface area (Å²) in [7, 11) is 3.54. The number of hydrogen-bond acceptors (Lipinski definition) is 1. The van der Waals surface area contributed by atoms with Gasteiger partial charge in [0.05, 0.1) is 0 Å². The summed E-state index contributed by atoms with van der Waals surface area (Å²) in [6, 6.07) is 13.3. The van der Waals surface area contributed by atoms with Crippen LogP contribution in [0.2, 0.25) is 0 Å². The topological polar surface area (TPSA) is 41.1 Å². The fraction of sp³-hybridized carbons (Fsp3) is 0.316. The van der Waals surface area contributed by atoms with E-state index in [1.54, 1.807) is 14.1 Å². The quantitative estimate of drug-likeness (QED) is 0.532. The Morgan fingerprint density at radius 3 is 2.00 bits per heavy atom. The van der Waals surface area contributed by atoms with Crippen LogP contribution in [0.3, 0.4) is 0 Å². The van der Waals surface area contributed by atoms with E-state index in [-0.39, 0.29) is 21.1 Å². The molecule has 0 saturated carbocycles. The van der Waals surface area contributed by atoms with Crippen molar-refractivity contribution < 1.29 is 21.1 Å². The van der Waals surface area contributed by atoms with Crippen LogP contribution in [0.5, 0.6) is 0 Å². The summed E-state index contributed by atoms with van der Waals surface area (Å²) in [5.74, 6) is 0. The summed E-state index contributed by atoms with van der Waals surface area (Å²) in [6.07, 6.45) is 1.82. The molecule has 0 aliphatic heterocycles. The van der Waals surface area contributed by atoms with Crippen molar-refractivity contribution in [2.45, 2.75) is 27.7 Å². The molecule has 2 rings (SSSR count). The van der Waals surface area contributed by atoms with Gasteiger partial charge < -0.3 is 15.6 Å². The molecule has 0 aliphatic carbocycles. The van der Waals surface area contributed by atoms with Crippen LogP contribution in [0.1, 0.15) is 25.0 Å². The molecule has 0 radical (unpaired) electrons. The number of benzene rings is 1. The molecule has 3 nitrogen and oxygen atoms in total. The second kappa shape index (κ2) is 11.0. The van der Waals surface area contributed by atoms with Crippen LogP contribution in [0.15, 0.2) is 47.9 Å². The molecular formula is C19H24N3Pt-3. The summed E-state index contributed by atoms with van der Waals surface area (Å²) in [5, 5.41) is 7.89. The molecule has 0 bridgehead atoms. The van der Waals surface area contributed by atoms with Crippen molar-refractivity contribution in [3.05, 3.63) is 75.7 Å². The maximum Gasteiger partial charge on any atom is 0.0160 e. The fourth-order valence-electron chi connectivity index (χ4n) is 1.85. The van der Waals surface area contributed by atoms with E-state index in [2.05, 4.69) is 47.7 Å². The maximum atomic E-state index is 4.38. The zero-order valence-electron chi connectivity index (χ0n) is 14.6. The molecule has 0 atom stereocenters. The Hall–Kier alpha value is -1.60. The van der Waals surface area contributed by atoms with Gasteiger partial charge in [0.15, 0.2) is 0 Å². The second-order valence-corrected chi connectivity index (χ2v) is 5.02. The van der Waals surface area contributed by atoms with Gasteiger partial charge in [-0.3, -0.25) is 0 Å². The van der Waals surface area contributed by atoms with E-state index >= 15 is 0 Å². The van der Waals surface area contributed by atoms with Crippen molar-refractivity contribution in [1.82, 2.24) is 4.98 Å². The molecule has 0 amide bonds. The Morgan fingerprint density at radius 1 is 0.957 bits per heavy atom. The van der Waals surface area contributed by atoms with Crippen LogP contribution in [-0.4, -0.2) is 19.1 Å². The third-order valence-electron chi connectivity index (χ3n) is 3.51. The molecule has 2 aromatic rings. The van der Waals surface area contributed by atoms with Gasteiger partial charge in [0, 0.05) is 27.3 Å². The summed E-state index contributed by atoms with van der Waals surface area (Å²) in [6.45, 7) is 8.05. The van der Waals surface area contributed by atoms with Crippen molar-refractivity contribution >= 4 is 0 Å². The van der Waals surface area contributed by atoms with E-state index in [1.165, 1.54) is 11.1 Å². The fourth-order valence-corrected chi connectivity index (χ4v) is 1.85. The van der Waals surface area contributed by atoms with Gasteiger partial charge in [-0.25, -0.2) is 0 Å². The number of nitrogens with zero attached hydrogens (tertiary/aromatic N) is 3.